The molecule has 1 fully saturated rings. The van der Waals surface area contributed by atoms with Crippen LogP contribution in [-0.2, 0) is 17.8 Å². The molecule has 1 saturated heterocycles. The average molecular weight is 437 g/mol. The number of hydrogen-bond donors (Lipinski definition) is 0. The van der Waals surface area contributed by atoms with Gasteiger partial charge in [0, 0.05) is 37.1 Å². The summed E-state index contributed by atoms with van der Waals surface area (Å²) in [5, 5.41) is 4.56. The van der Waals surface area contributed by atoms with Gasteiger partial charge < -0.3 is 9.64 Å². The number of piperidine rings is 1. The largest absolute Gasteiger partial charge is 0.383 e. The Bertz CT molecular complexity index is 853. The number of hydrogen-bond acceptors (Lipinski definition) is 4. The van der Waals surface area contributed by atoms with Crippen LogP contribution in [0.2, 0.25) is 0 Å². The van der Waals surface area contributed by atoms with E-state index in [2.05, 4.69) is 21.0 Å². The van der Waals surface area contributed by atoms with Gasteiger partial charge in [0.1, 0.15) is 5.82 Å². The van der Waals surface area contributed by atoms with E-state index in [1.165, 1.54) is 4.68 Å². The standard InChI is InChI=1S/C19H25BrN4O3/c1-3-23-17(21-24(19(23)26)12-13-27-2)14-8-10-22(11-9-14)18(25)15-6-4-5-7-16(15)20/h4-7,14H,3,8-13H2,1-2H3. The number of aromatic nitrogens is 3. The second-order valence-corrected chi connectivity index (χ2v) is 7.50. The molecule has 0 radical (unpaired) electrons. The molecular weight excluding hydrogens is 412 g/mol. The van der Waals surface area contributed by atoms with Crippen molar-refractivity contribution in [1.29, 1.82) is 0 Å². The molecule has 0 N–H and O–H groups in total. The van der Waals surface area contributed by atoms with E-state index >= 15 is 0 Å². The molecule has 27 heavy (non-hydrogen) atoms. The van der Waals surface area contributed by atoms with E-state index in [1.807, 2.05) is 36.1 Å². The normalized spacial score (nSPS) is 15.3. The van der Waals surface area contributed by atoms with Crippen LogP contribution in [0.4, 0.5) is 0 Å². The highest BCUT2D eigenvalue weighted by Crippen LogP contribution is 2.28. The van der Waals surface area contributed by atoms with Crippen molar-refractivity contribution in [2.45, 2.75) is 38.8 Å². The highest BCUT2D eigenvalue weighted by Gasteiger charge is 2.29. The van der Waals surface area contributed by atoms with Crippen LogP contribution in [0.3, 0.4) is 0 Å². The summed E-state index contributed by atoms with van der Waals surface area (Å²) in [5.74, 6) is 1.05. The third kappa shape index (κ3) is 4.16. The Morgan fingerprint density at radius 1 is 1.30 bits per heavy atom. The van der Waals surface area contributed by atoms with E-state index in [1.54, 1.807) is 11.7 Å². The lowest BCUT2D eigenvalue weighted by Crippen LogP contribution is -2.38. The third-order valence-electron chi connectivity index (χ3n) is 5.03. The van der Waals surface area contributed by atoms with Gasteiger partial charge in [0.05, 0.1) is 18.7 Å². The summed E-state index contributed by atoms with van der Waals surface area (Å²) in [6.45, 7) is 4.78. The molecule has 0 unspecified atom stereocenters. The first-order valence-electron chi connectivity index (χ1n) is 9.27. The summed E-state index contributed by atoms with van der Waals surface area (Å²) < 4.78 is 9.11. The van der Waals surface area contributed by atoms with Crippen molar-refractivity contribution >= 4 is 21.8 Å². The lowest BCUT2D eigenvalue weighted by Gasteiger charge is -2.31. The quantitative estimate of drug-likeness (QED) is 0.697. The van der Waals surface area contributed by atoms with E-state index < -0.39 is 0 Å². The molecule has 0 aliphatic carbocycles. The Labute approximate surface area is 167 Å². The summed E-state index contributed by atoms with van der Waals surface area (Å²) in [6.07, 6.45) is 1.61. The van der Waals surface area contributed by atoms with Crippen molar-refractivity contribution in [3.05, 3.63) is 50.6 Å². The topological polar surface area (TPSA) is 69.4 Å². The molecule has 1 aromatic carbocycles. The summed E-state index contributed by atoms with van der Waals surface area (Å²) in [6, 6.07) is 7.49. The van der Waals surface area contributed by atoms with Gasteiger partial charge in [-0.2, -0.15) is 5.10 Å². The molecule has 0 saturated carbocycles. The molecule has 0 atom stereocenters. The average Bonchev–Trinajstić information content (AvgIpc) is 3.01. The molecule has 2 aromatic rings. The van der Waals surface area contributed by atoms with Gasteiger partial charge in [-0.25, -0.2) is 9.48 Å². The number of amides is 1. The van der Waals surface area contributed by atoms with Gasteiger partial charge in [-0.05, 0) is 47.8 Å². The predicted molar refractivity (Wildman–Crippen MR) is 106 cm³/mol. The molecular formula is C19H25BrN4O3. The van der Waals surface area contributed by atoms with E-state index in [9.17, 15) is 9.59 Å². The maximum atomic E-state index is 12.8. The first-order valence-corrected chi connectivity index (χ1v) is 10.1. The second-order valence-electron chi connectivity index (χ2n) is 6.65. The number of methoxy groups -OCH3 is 1. The van der Waals surface area contributed by atoms with E-state index in [-0.39, 0.29) is 17.5 Å². The van der Waals surface area contributed by atoms with Gasteiger partial charge in [0.25, 0.3) is 5.91 Å². The summed E-state index contributed by atoms with van der Waals surface area (Å²) in [4.78, 5) is 27.2. The molecule has 146 valence electrons. The van der Waals surface area contributed by atoms with Crippen LogP contribution in [0.1, 0.15) is 41.9 Å². The Kier molecular flexibility index (Phi) is 6.49. The van der Waals surface area contributed by atoms with Crippen molar-refractivity contribution < 1.29 is 9.53 Å². The van der Waals surface area contributed by atoms with Crippen molar-refractivity contribution in [3.63, 3.8) is 0 Å². The van der Waals surface area contributed by atoms with E-state index in [0.717, 1.165) is 23.1 Å². The van der Waals surface area contributed by atoms with E-state index in [4.69, 9.17) is 4.74 Å². The molecule has 2 heterocycles. The smallest absolute Gasteiger partial charge is 0.345 e. The summed E-state index contributed by atoms with van der Waals surface area (Å²) in [5.41, 5.74) is 0.599. The molecule has 0 spiro atoms. The van der Waals surface area contributed by atoms with Gasteiger partial charge in [-0.15, -0.1) is 0 Å². The summed E-state index contributed by atoms with van der Waals surface area (Å²) >= 11 is 3.45. The molecule has 7 nitrogen and oxygen atoms in total. The van der Waals surface area contributed by atoms with Crippen LogP contribution in [0, 0.1) is 0 Å². The van der Waals surface area contributed by atoms with Crippen LogP contribution >= 0.6 is 15.9 Å². The monoisotopic (exact) mass is 436 g/mol. The molecule has 1 aromatic heterocycles. The Balaban J connectivity index is 1.71. The van der Waals surface area contributed by atoms with Crippen LogP contribution < -0.4 is 5.69 Å². The highest BCUT2D eigenvalue weighted by atomic mass is 79.9. The Morgan fingerprint density at radius 3 is 2.63 bits per heavy atom. The number of carbonyl (C=O) groups is 1. The fourth-order valence-electron chi connectivity index (χ4n) is 3.53. The number of carbonyl (C=O) groups excluding carboxylic acids is 1. The van der Waals surface area contributed by atoms with Gasteiger partial charge in [0.15, 0.2) is 0 Å². The minimum atomic E-state index is -0.0868. The van der Waals surface area contributed by atoms with Crippen LogP contribution in [0.25, 0.3) is 0 Å². The lowest BCUT2D eigenvalue weighted by atomic mass is 9.95. The van der Waals surface area contributed by atoms with Crippen LogP contribution in [0.5, 0.6) is 0 Å². The van der Waals surface area contributed by atoms with Crippen molar-refractivity contribution in [2.75, 3.05) is 26.8 Å². The minimum Gasteiger partial charge on any atom is -0.383 e. The maximum absolute atomic E-state index is 12.8. The third-order valence-corrected chi connectivity index (χ3v) is 5.72. The fraction of sp³-hybridized carbons (Fsp3) is 0.526. The number of benzene rings is 1. The first-order chi connectivity index (χ1) is 13.1. The zero-order chi connectivity index (χ0) is 19.4. The van der Waals surface area contributed by atoms with E-state index in [0.29, 0.717) is 38.3 Å². The zero-order valence-corrected chi connectivity index (χ0v) is 17.3. The second kappa shape index (κ2) is 8.84. The molecule has 0 bridgehead atoms. The molecule has 1 aliphatic heterocycles. The summed E-state index contributed by atoms with van der Waals surface area (Å²) in [7, 11) is 1.61. The van der Waals surface area contributed by atoms with Crippen LogP contribution in [-0.4, -0.2) is 52.0 Å². The maximum Gasteiger partial charge on any atom is 0.345 e. The predicted octanol–water partition coefficient (Wildman–Crippen LogP) is 2.49. The minimum absolute atomic E-state index is 0.0411. The first kappa shape index (κ1) is 19.8. The number of rotatable bonds is 6. The molecule has 1 amide bonds. The zero-order valence-electron chi connectivity index (χ0n) is 15.7. The number of halogens is 1. The van der Waals surface area contributed by atoms with Gasteiger partial charge >= 0.3 is 5.69 Å². The number of ether oxygens (including phenoxy) is 1. The molecule has 3 rings (SSSR count). The van der Waals surface area contributed by atoms with Gasteiger partial charge in [-0.1, -0.05) is 12.1 Å². The highest BCUT2D eigenvalue weighted by molar-refractivity contribution is 9.10. The Morgan fingerprint density at radius 2 is 2.00 bits per heavy atom. The van der Waals surface area contributed by atoms with Gasteiger partial charge in [0.2, 0.25) is 0 Å². The Hall–Kier alpha value is -1.93. The fourth-order valence-corrected chi connectivity index (χ4v) is 3.98. The SMILES string of the molecule is CCn1c(C2CCN(C(=O)c3ccccc3Br)CC2)nn(CCOC)c1=O. The van der Waals surface area contributed by atoms with Gasteiger partial charge in [-0.3, -0.25) is 9.36 Å². The van der Waals surface area contributed by atoms with Crippen molar-refractivity contribution in [1.82, 2.24) is 19.2 Å². The molecule has 8 heteroatoms. The number of likely N-dealkylation sites (tertiary alicyclic amines) is 1. The van der Waals surface area contributed by atoms with Crippen LogP contribution in [0.15, 0.2) is 33.5 Å². The number of nitrogens with zero attached hydrogens (tertiary/aromatic N) is 4. The van der Waals surface area contributed by atoms with Crippen molar-refractivity contribution in [2.24, 2.45) is 0 Å². The molecule has 1 aliphatic rings. The van der Waals surface area contributed by atoms with Crippen molar-refractivity contribution in [3.8, 4) is 0 Å². The lowest BCUT2D eigenvalue weighted by molar-refractivity contribution is 0.0709.